The minimum Gasteiger partial charge on any atom is -0.481 e. The first kappa shape index (κ1) is 32.4. The first-order valence-electron chi connectivity index (χ1n) is 13.6. The molecule has 2 N–H and O–H groups in total. The van der Waals surface area contributed by atoms with Crippen LogP contribution in [0.25, 0.3) is 45.3 Å². The van der Waals surface area contributed by atoms with Gasteiger partial charge in [0.25, 0.3) is 0 Å². The molecule has 6 rings (SSSR count). The second-order valence-corrected chi connectivity index (χ2v) is 9.39. The van der Waals surface area contributed by atoms with Crippen LogP contribution in [0.15, 0.2) is 122 Å². The van der Waals surface area contributed by atoms with Crippen molar-refractivity contribution >= 4 is 11.9 Å². The summed E-state index contributed by atoms with van der Waals surface area (Å²) in [4.78, 5) is 48.2. The minimum absolute atomic E-state index is 0. The molecular formula is C34H26N6O4Zn. The van der Waals surface area contributed by atoms with E-state index >= 15 is 0 Å². The Labute approximate surface area is 271 Å². The van der Waals surface area contributed by atoms with Crippen LogP contribution in [0.1, 0.15) is 11.1 Å². The molecule has 11 heteroatoms. The van der Waals surface area contributed by atoms with Crippen molar-refractivity contribution in [3.8, 4) is 45.3 Å². The molecule has 0 saturated heterocycles. The van der Waals surface area contributed by atoms with Gasteiger partial charge in [0.2, 0.25) is 0 Å². The third-order valence-corrected chi connectivity index (χ3v) is 6.41. The maximum Gasteiger partial charge on any atom is 0.307 e. The summed E-state index contributed by atoms with van der Waals surface area (Å²) >= 11 is 0. The van der Waals surface area contributed by atoms with E-state index in [1.54, 1.807) is 61.4 Å². The number of hydrogen-bond donors (Lipinski definition) is 2. The molecule has 0 bridgehead atoms. The van der Waals surface area contributed by atoms with Gasteiger partial charge in [-0.3, -0.25) is 39.5 Å². The predicted molar refractivity (Wildman–Crippen MR) is 164 cm³/mol. The Morgan fingerprint density at radius 1 is 0.444 bits per heavy atom. The first-order valence-corrected chi connectivity index (χ1v) is 13.6. The fourth-order valence-corrected chi connectivity index (χ4v) is 4.56. The van der Waals surface area contributed by atoms with Gasteiger partial charge in [-0.25, -0.2) is 0 Å². The van der Waals surface area contributed by atoms with E-state index in [2.05, 4.69) is 29.9 Å². The third kappa shape index (κ3) is 8.31. The van der Waals surface area contributed by atoms with E-state index in [0.717, 1.165) is 22.5 Å². The molecule has 0 saturated carbocycles. The molecule has 0 unspecified atom stereocenters. The van der Waals surface area contributed by atoms with Crippen LogP contribution in [-0.2, 0) is 41.9 Å². The van der Waals surface area contributed by atoms with Gasteiger partial charge >= 0.3 is 11.9 Å². The van der Waals surface area contributed by atoms with Crippen molar-refractivity contribution in [1.82, 2.24) is 29.9 Å². The molecule has 10 nitrogen and oxygen atoms in total. The zero-order valence-electron chi connectivity index (χ0n) is 24.1. The van der Waals surface area contributed by atoms with Crippen LogP contribution in [0.5, 0.6) is 0 Å². The van der Waals surface area contributed by atoms with Gasteiger partial charge in [-0.05, 0) is 71.8 Å². The van der Waals surface area contributed by atoms with E-state index in [9.17, 15) is 9.59 Å². The molecule has 0 aliphatic heterocycles. The van der Waals surface area contributed by atoms with Crippen molar-refractivity contribution in [2.45, 2.75) is 12.8 Å². The van der Waals surface area contributed by atoms with Crippen LogP contribution < -0.4 is 0 Å². The van der Waals surface area contributed by atoms with E-state index in [4.69, 9.17) is 10.2 Å². The van der Waals surface area contributed by atoms with Crippen molar-refractivity contribution in [2.75, 3.05) is 0 Å². The Kier molecular flexibility index (Phi) is 11.4. The number of nitrogens with zero attached hydrogens (tertiary/aromatic N) is 6. The Balaban J connectivity index is 0.000000200. The van der Waals surface area contributed by atoms with Gasteiger partial charge in [0.05, 0.1) is 47.0 Å². The van der Waals surface area contributed by atoms with Crippen LogP contribution in [0, 0.1) is 0 Å². The Hall–Kier alpha value is -5.54. The van der Waals surface area contributed by atoms with Gasteiger partial charge in [-0.2, -0.15) is 0 Å². The summed E-state index contributed by atoms with van der Waals surface area (Å²) in [5.41, 5.74) is 6.89. The van der Waals surface area contributed by atoms with Crippen molar-refractivity contribution in [3.05, 3.63) is 133 Å². The summed E-state index contributed by atoms with van der Waals surface area (Å²) in [5.74, 6) is -1.80. The molecule has 0 aliphatic carbocycles. The minimum atomic E-state index is -0.899. The topological polar surface area (TPSA) is 152 Å². The number of rotatable bonds is 8. The van der Waals surface area contributed by atoms with Crippen LogP contribution in [0.3, 0.4) is 0 Å². The molecule has 0 amide bonds. The van der Waals surface area contributed by atoms with Gasteiger partial charge in [0.15, 0.2) is 0 Å². The summed E-state index contributed by atoms with van der Waals surface area (Å²) in [6, 6.07) is 25.7. The fraction of sp³-hybridized carbons (Fsp3) is 0.0588. The number of aliphatic carboxylic acids is 2. The van der Waals surface area contributed by atoms with Crippen molar-refractivity contribution < 1.29 is 39.3 Å². The molecule has 218 valence electrons. The van der Waals surface area contributed by atoms with E-state index < -0.39 is 11.9 Å². The number of carboxylic acids is 2. The fourth-order valence-electron chi connectivity index (χ4n) is 4.56. The summed E-state index contributed by atoms with van der Waals surface area (Å²) in [7, 11) is 0. The molecule has 0 radical (unpaired) electrons. The van der Waals surface area contributed by atoms with Crippen LogP contribution in [0.2, 0.25) is 0 Å². The Morgan fingerprint density at radius 2 is 0.800 bits per heavy atom. The van der Waals surface area contributed by atoms with E-state index in [0.29, 0.717) is 33.9 Å². The number of pyridine rings is 6. The number of carboxylic acid groups (broad SMARTS) is 2. The van der Waals surface area contributed by atoms with Gasteiger partial charge in [0, 0.05) is 67.8 Å². The van der Waals surface area contributed by atoms with E-state index in [-0.39, 0.29) is 32.3 Å². The summed E-state index contributed by atoms with van der Waals surface area (Å²) < 4.78 is 0. The molecule has 6 aromatic rings. The zero-order chi connectivity index (χ0) is 30.7. The molecule has 6 heterocycles. The van der Waals surface area contributed by atoms with Gasteiger partial charge in [-0.15, -0.1) is 0 Å². The maximum atomic E-state index is 11.0. The second kappa shape index (κ2) is 15.8. The second-order valence-electron chi connectivity index (χ2n) is 9.39. The Morgan fingerprint density at radius 3 is 1.16 bits per heavy atom. The van der Waals surface area contributed by atoms with Crippen molar-refractivity contribution in [3.63, 3.8) is 0 Å². The quantitative estimate of drug-likeness (QED) is 0.198. The Bertz CT molecular complexity index is 1750. The number of hydrogen-bond acceptors (Lipinski definition) is 8. The van der Waals surface area contributed by atoms with Gasteiger partial charge in [-0.1, -0.05) is 24.3 Å². The average Bonchev–Trinajstić information content (AvgIpc) is 3.06. The molecule has 0 spiro atoms. The molecular weight excluding hydrogens is 622 g/mol. The smallest absolute Gasteiger partial charge is 0.307 e. The van der Waals surface area contributed by atoms with Crippen molar-refractivity contribution in [1.29, 1.82) is 0 Å². The molecule has 6 aromatic heterocycles. The van der Waals surface area contributed by atoms with Crippen LogP contribution in [0.4, 0.5) is 0 Å². The largest absolute Gasteiger partial charge is 0.481 e. The molecule has 45 heavy (non-hydrogen) atoms. The molecule has 0 atom stereocenters. The van der Waals surface area contributed by atoms with Crippen LogP contribution >= 0.6 is 0 Å². The monoisotopic (exact) mass is 646 g/mol. The number of carbonyl (C=O) groups is 2. The maximum absolute atomic E-state index is 11.0. The predicted octanol–water partition coefficient (Wildman–Crippen LogP) is 5.66. The molecule has 0 aromatic carbocycles. The first-order chi connectivity index (χ1) is 21.5. The van der Waals surface area contributed by atoms with Crippen LogP contribution in [-0.4, -0.2) is 52.1 Å². The number of aromatic nitrogens is 6. The van der Waals surface area contributed by atoms with E-state index in [1.807, 2.05) is 60.7 Å². The summed E-state index contributed by atoms with van der Waals surface area (Å²) in [5, 5.41) is 18.1. The standard InChI is InChI=1S/2C17H13N3O2.Zn/c2*21-15(22)11-12-5-3-9-19-16(12)17-13(6-4-10-20-17)14-7-1-2-8-18-14;/h2*1-10H,11H2,(H,21,22);. The molecule has 0 fully saturated rings. The van der Waals surface area contributed by atoms with Gasteiger partial charge < -0.3 is 10.2 Å². The molecule has 0 aliphatic rings. The van der Waals surface area contributed by atoms with Crippen molar-refractivity contribution in [2.24, 2.45) is 0 Å². The average molecular weight is 648 g/mol. The van der Waals surface area contributed by atoms with E-state index in [1.165, 1.54) is 0 Å². The zero-order valence-corrected chi connectivity index (χ0v) is 27.0. The summed E-state index contributed by atoms with van der Waals surface area (Å²) in [6.45, 7) is 0. The summed E-state index contributed by atoms with van der Waals surface area (Å²) in [6.07, 6.45) is 9.84. The SMILES string of the molecule is O=C(O)Cc1cccnc1-c1ncccc1-c1ccccn1.O=C(O)Cc1cccnc1-c1ncccc1-c1ccccn1.[Zn]. The normalized spacial score (nSPS) is 10.1. The van der Waals surface area contributed by atoms with Gasteiger partial charge in [0.1, 0.15) is 0 Å². The third-order valence-electron chi connectivity index (χ3n) is 6.41.